The Bertz CT molecular complexity index is 1560. The zero-order valence-corrected chi connectivity index (χ0v) is 24.2. The van der Waals surface area contributed by atoms with Crippen molar-refractivity contribution in [3.05, 3.63) is 96.1 Å². The van der Waals surface area contributed by atoms with Gasteiger partial charge in [-0.1, -0.05) is 78.9 Å². The number of halogens is 1. The molecule has 0 spiro atoms. The summed E-state index contributed by atoms with van der Waals surface area (Å²) in [5, 5.41) is 19.5. The van der Waals surface area contributed by atoms with Crippen molar-refractivity contribution in [2.45, 2.75) is 31.4 Å². The van der Waals surface area contributed by atoms with E-state index in [9.17, 15) is 19.5 Å². The third kappa shape index (κ3) is 7.26. The lowest BCUT2D eigenvalue weighted by molar-refractivity contribution is -0.132. The fourth-order valence-corrected chi connectivity index (χ4v) is 5.48. The number of hydrogen-bond acceptors (Lipinski definition) is 5. The van der Waals surface area contributed by atoms with Gasteiger partial charge >= 0.3 is 0 Å². The molecule has 1 saturated heterocycles. The quantitative estimate of drug-likeness (QED) is 0.238. The van der Waals surface area contributed by atoms with Gasteiger partial charge in [0.15, 0.2) is 0 Å². The number of nitrogens with two attached hydrogens (primary N) is 1. The molecule has 0 saturated carbocycles. The van der Waals surface area contributed by atoms with Crippen LogP contribution in [-0.2, 0) is 16.0 Å². The minimum atomic E-state index is -0.872. The van der Waals surface area contributed by atoms with E-state index in [2.05, 4.69) is 10.6 Å². The summed E-state index contributed by atoms with van der Waals surface area (Å²) in [7, 11) is 0. The van der Waals surface area contributed by atoms with E-state index in [4.69, 9.17) is 5.73 Å². The van der Waals surface area contributed by atoms with Crippen LogP contribution in [0.2, 0.25) is 0 Å². The van der Waals surface area contributed by atoms with Gasteiger partial charge in [0.25, 0.3) is 5.91 Å². The lowest BCUT2D eigenvalue weighted by Gasteiger charge is -2.33. The second kappa shape index (κ2) is 14.3. The number of likely N-dealkylation sites (tertiary alicyclic amines) is 1. The Hall–Kier alpha value is -3.98. The van der Waals surface area contributed by atoms with Gasteiger partial charge in [0.05, 0.1) is 12.0 Å². The number of piperidine rings is 1. The van der Waals surface area contributed by atoms with Gasteiger partial charge in [0.2, 0.25) is 11.8 Å². The molecule has 0 bridgehead atoms. The van der Waals surface area contributed by atoms with Crippen molar-refractivity contribution in [3.8, 4) is 0 Å². The number of carbonyl (C=O) groups is 3. The smallest absolute Gasteiger partial charge is 0.254 e. The highest BCUT2D eigenvalue weighted by Gasteiger charge is 2.32. The summed E-state index contributed by atoms with van der Waals surface area (Å²) in [5.74, 6) is -1.19. The molecule has 9 heteroatoms. The Balaban J connectivity index is 0.00000405. The van der Waals surface area contributed by atoms with Crippen molar-refractivity contribution in [2.75, 3.05) is 26.2 Å². The predicted molar refractivity (Wildman–Crippen MR) is 167 cm³/mol. The first-order valence-electron chi connectivity index (χ1n) is 14.1. The third-order valence-electron chi connectivity index (χ3n) is 7.77. The van der Waals surface area contributed by atoms with Gasteiger partial charge in [-0.3, -0.25) is 14.4 Å². The number of amides is 3. The molecule has 1 heterocycles. The molecule has 2 unspecified atom stereocenters. The number of carbonyl (C=O) groups excluding carboxylic acids is 3. The van der Waals surface area contributed by atoms with Crippen molar-refractivity contribution in [2.24, 2.45) is 11.7 Å². The molecular formula is C33H37ClN4O4. The highest BCUT2D eigenvalue weighted by Crippen LogP contribution is 2.24. The molecular weight excluding hydrogens is 552 g/mol. The van der Waals surface area contributed by atoms with E-state index in [1.165, 1.54) is 0 Å². The van der Waals surface area contributed by atoms with E-state index in [0.29, 0.717) is 24.9 Å². The summed E-state index contributed by atoms with van der Waals surface area (Å²) in [6, 6.07) is 26.5. The SMILES string of the molecule is Cl.NCC(O)CNC(=O)[C@@H](Cc1ccc2ccccc2c1)NC(=O)C1CCCN(C(=O)c2cccc3ccccc23)C1. The summed E-state index contributed by atoms with van der Waals surface area (Å²) in [6.45, 7) is 0.870. The summed E-state index contributed by atoms with van der Waals surface area (Å²) in [6.07, 6.45) is 0.732. The molecule has 5 rings (SSSR count). The van der Waals surface area contributed by atoms with Crippen LogP contribution >= 0.6 is 12.4 Å². The van der Waals surface area contributed by atoms with Crippen LogP contribution in [-0.4, -0.2) is 66.1 Å². The molecule has 0 aliphatic carbocycles. The average Bonchev–Trinajstić information content (AvgIpc) is 3.02. The minimum absolute atomic E-state index is 0. The third-order valence-corrected chi connectivity index (χ3v) is 7.77. The summed E-state index contributed by atoms with van der Waals surface area (Å²) >= 11 is 0. The molecule has 3 amide bonds. The standard InChI is InChI=1S/C33H36N4O4.ClH/c34-19-27(38)20-35-32(40)30(18-22-14-15-23-7-1-2-9-25(23)17-22)36-31(39)26-11-6-16-37(21-26)33(41)29-13-5-10-24-8-3-4-12-28(24)29;/h1-5,7-10,12-15,17,26-27,30,38H,6,11,16,18-21,34H2,(H,35,40)(H,36,39);1H/t26?,27?,30-;/m1./s1. The van der Waals surface area contributed by atoms with E-state index >= 15 is 0 Å². The Morgan fingerprint density at radius 2 is 1.64 bits per heavy atom. The molecule has 1 fully saturated rings. The highest BCUT2D eigenvalue weighted by atomic mass is 35.5. The zero-order chi connectivity index (χ0) is 28.8. The second-order valence-corrected chi connectivity index (χ2v) is 10.7. The fourth-order valence-electron chi connectivity index (χ4n) is 5.48. The number of nitrogens with zero attached hydrogens (tertiary/aromatic N) is 1. The van der Waals surface area contributed by atoms with Gasteiger partial charge in [-0.25, -0.2) is 0 Å². The number of fused-ring (bicyclic) bond motifs is 2. The van der Waals surface area contributed by atoms with Crippen LogP contribution in [0.1, 0.15) is 28.8 Å². The molecule has 4 aromatic rings. The maximum atomic E-state index is 13.5. The minimum Gasteiger partial charge on any atom is -0.390 e. The normalized spacial score (nSPS) is 16.3. The first-order valence-corrected chi connectivity index (χ1v) is 14.1. The number of hydrogen-bond donors (Lipinski definition) is 4. The number of aliphatic hydroxyl groups excluding tert-OH is 1. The van der Waals surface area contributed by atoms with Crippen molar-refractivity contribution >= 4 is 51.7 Å². The molecule has 1 aliphatic heterocycles. The number of benzene rings is 4. The molecule has 4 aromatic carbocycles. The molecule has 0 aromatic heterocycles. The largest absolute Gasteiger partial charge is 0.390 e. The summed E-state index contributed by atoms with van der Waals surface area (Å²) < 4.78 is 0. The predicted octanol–water partition coefficient (Wildman–Crippen LogP) is 3.43. The molecule has 42 heavy (non-hydrogen) atoms. The van der Waals surface area contributed by atoms with E-state index in [1.54, 1.807) is 4.90 Å². The molecule has 1 aliphatic rings. The van der Waals surface area contributed by atoms with Crippen molar-refractivity contribution < 1.29 is 19.5 Å². The van der Waals surface area contributed by atoms with E-state index in [1.807, 2.05) is 84.9 Å². The highest BCUT2D eigenvalue weighted by molar-refractivity contribution is 6.07. The van der Waals surface area contributed by atoms with E-state index in [-0.39, 0.29) is 50.3 Å². The lowest BCUT2D eigenvalue weighted by Crippen LogP contribution is -2.53. The van der Waals surface area contributed by atoms with Crippen LogP contribution in [0.5, 0.6) is 0 Å². The Morgan fingerprint density at radius 1 is 0.929 bits per heavy atom. The maximum absolute atomic E-state index is 13.5. The zero-order valence-electron chi connectivity index (χ0n) is 23.4. The summed E-state index contributed by atoms with van der Waals surface area (Å²) in [4.78, 5) is 42.0. The Kier molecular flexibility index (Phi) is 10.5. The van der Waals surface area contributed by atoms with Crippen molar-refractivity contribution in [1.82, 2.24) is 15.5 Å². The van der Waals surface area contributed by atoms with Gasteiger partial charge in [0.1, 0.15) is 6.04 Å². The number of aliphatic hydroxyl groups is 1. The summed E-state index contributed by atoms with van der Waals surface area (Å²) in [5.41, 5.74) is 7.02. The van der Waals surface area contributed by atoms with Gasteiger partial charge < -0.3 is 26.4 Å². The van der Waals surface area contributed by atoms with Crippen LogP contribution in [0.25, 0.3) is 21.5 Å². The van der Waals surface area contributed by atoms with Crippen LogP contribution in [0.4, 0.5) is 0 Å². The molecule has 3 atom stereocenters. The number of rotatable bonds is 9. The Labute approximate surface area is 251 Å². The van der Waals surface area contributed by atoms with Gasteiger partial charge in [-0.15, -0.1) is 12.4 Å². The average molecular weight is 589 g/mol. The van der Waals surface area contributed by atoms with Crippen LogP contribution in [0.15, 0.2) is 84.9 Å². The van der Waals surface area contributed by atoms with Crippen molar-refractivity contribution in [1.29, 1.82) is 0 Å². The van der Waals surface area contributed by atoms with E-state index < -0.39 is 24.0 Å². The Morgan fingerprint density at radius 3 is 2.43 bits per heavy atom. The fraction of sp³-hybridized carbons (Fsp3) is 0.303. The monoisotopic (exact) mass is 588 g/mol. The topological polar surface area (TPSA) is 125 Å². The molecule has 5 N–H and O–H groups in total. The van der Waals surface area contributed by atoms with Crippen LogP contribution in [0, 0.1) is 5.92 Å². The van der Waals surface area contributed by atoms with Gasteiger partial charge in [-0.05, 0) is 46.0 Å². The van der Waals surface area contributed by atoms with E-state index in [0.717, 1.165) is 27.1 Å². The maximum Gasteiger partial charge on any atom is 0.254 e. The first-order chi connectivity index (χ1) is 19.9. The first kappa shape index (κ1) is 31.0. The number of nitrogens with one attached hydrogen (secondary N) is 2. The lowest BCUT2D eigenvalue weighted by atomic mass is 9.94. The molecule has 220 valence electrons. The van der Waals surface area contributed by atoms with Crippen LogP contribution < -0.4 is 16.4 Å². The second-order valence-electron chi connectivity index (χ2n) is 10.7. The van der Waals surface area contributed by atoms with Crippen LogP contribution in [0.3, 0.4) is 0 Å². The van der Waals surface area contributed by atoms with Crippen molar-refractivity contribution in [3.63, 3.8) is 0 Å². The van der Waals surface area contributed by atoms with Gasteiger partial charge in [-0.2, -0.15) is 0 Å². The molecule has 8 nitrogen and oxygen atoms in total. The molecule has 0 radical (unpaired) electrons. The van der Waals surface area contributed by atoms with Gasteiger partial charge in [0, 0.05) is 38.2 Å².